The third-order valence-corrected chi connectivity index (χ3v) is 6.50. The summed E-state index contributed by atoms with van der Waals surface area (Å²) in [5.74, 6) is 0.377. The lowest BCUT2D eigenvalue weighted by Crippen LogP contribution is -2.23. The van der Waals surface area contributed by atoms with Crippen LogP contribution in [0.5, 0.6) is 0 Å². The van der Waals surface area contributed by atoms with E-state index < -0.39 is 10.0 Å². The Kier molecular flexibility index (Phi) is 5.87. The van der Waals surface area contributed by atoms with E-state index in [-0.39, 0.29) is 27.8 Å². The fourth-order valence-corrected chi connectivity index (χ4v) is 4.25. The number of nitrogens with one attached hydrogen (secondary N) is 2. The first-order chi connectivity index (χ1) is 13.3. The second-order valence-corrected chi connectivity index (χ2v) is 9.27. The van der Waals surface area contributed by atoms with E-state index >= 15 is 0 Å². The van der Waals surface area contributed by atoms with Crippen molar-refractivity contribution >= 4 is 32.4 Å². The van der Waals surface area contributed by atoms with Crippen LogP contribution in [0.1, 0.15) is 25.2 Å². The third-order valence-electron chi connectivity index (χ3n) is 3.90. The Hall–Kier alpha value is -2.63. The summed E-state index contributed by atoms with van der Waals surface area (Å²) in [6, 6.07) is 7.46. The number of anilines is 1. The van der Waals surface area contributed by atoms with Crippen molar-refractivity contribution in [1.29, 1.82) is 0 Å². The van der Waals surface area contributed by atoms with Gasteiger partial charge in [0, 0.05) is 30.5 Å². The molecule has 0 bridgehead atoms. The van der Waals surface area contributed by atoms with Crippen LogP contribution in [0.2, 0.25) is 0 Å². The quantitative estimate of drug-likeness (QED) is 0.565. The van der Waals surface area contributed by atoms with Crippen LogP contribution in [0.3, 0.4) is 0 Å². The van der Waals surface area contributed by atoms with Gasteiger partial charge in [0.05, 0.1) is 0 Å². The average molecular weight is 421 g/mol. The monoisotopic (exact) mass is 420 g/mol. The zero-order chi connectivity index (χ0) is 20.3. The van der Waals surface area contributed by atoms with Gasteiger partial charge in [0.2, 0.25) is 15.4 Å². The van der Waals surface area contributed by atoms with Crippen molar-refractivity contribution in [2.75, 3.05) is 5.32 Å². The second-order valence-electron chi connectivity index (χ2n) is 6.35. The first-order valence-electron chi connectivity index (χ1n) is 8.49. The maximum atomic E-state index is 12.4. The van der Waals surface area contributed by atoms with E-state index in [2.05, 4.69) is 25.2 Å². The zero-order valence-electron chi connectivity index (χ0n) is 15.6. The van der Waals surface area contributed by atoms with Crippen molar-refractivity contribution in [2.24, 2.45) is 5.92 Å². The minimum absolute atomic E-state index is 0.110. The van der Waals surface area contributed by atoms with Crippen molar-refractivity contribution in [3.05, 3.63) is 48.0 Å². The number of rotatable bonds is 7. The number of hydrogen-bond acceptors (Lipinski definition) is 7. The van der Waals surface area contributed by atoms with Gasteiger partial charge in [-0.1, -0.05) is 37.3 Å². The Morgan fingerprint density at radius 2 is 1.93 bits per heavy atom. The van der Waals surface area contributed by atoms with Gasteiger partial charge in [-0.25, -0.2) is 18.1 Å². The Bertz CT molecular complexity index is 1070. The summed E-state index contributed by atoms with van der Waals surface area (Å²) in [5, 5.41) is 10.1. The summed E-state index contributed by atoms with van der Waals surface area (Å²) in [6.45, 7) is 5.48. The van der Waals surface area contributed by atoms with Crippen molar-refractivity contribution in [3.8, 4) is 5.69 Å². The minimum atomic E-state index is -3.83. The molecule has 0 aliphatic heterocycles. The second kappa shape index (κ2) is 8.17. The predicted molar refractivity (Wildman–Crippen MR) is 106 cm³/mol. The third kappa shape index (κ3) is 4.61. The van der Waals surface area contributed by atoms with Crippen LogP contribution in [-0.4, -0.2) is 34.1 Å². The van der Waals surface area contributed by atoms with Gasteiger partial charge in [-0.15, -0.1) is 10.2 Å². The molecule has 1 amide bonds. The molecule has 0 saturated heterocycles. The lowest BCUT2D eigenvalue weighted by molar-refractivity contribution is -0.118. The van der Waals surface area contributed by atoms with Crippen LogP contribution in [-0.2, 0) is 21.4 Å². The summed E-state index contributed by atoms with van der Waals surface area (Å²) in [4.78, 5) is 15.9. The van der Waals surface area contributed by atoms with Crippen LogP contribution in [0.25, 0.3) is 5.69 Å². The Morgan fingerprint density at radius 3 is 2.54 bits per heavy atom. The number of sulfonamides is 1. The van der Waals surface area contributed by atoms with E-state index in [1.807, 2.05) is 42.0 Å². The Morgan fingerprint density at radius 1 is 1.21 bits per heavy atom. The number of aryl methyl sites for hydroxylation is 1. The number of hydrogen-bond donors (Lipinski definition) is 2. The lowest BCUT2D eigenvalue weighted by Gasteiger charge is -2.07. The van der Waals surface area contributed by atoms with Crippen LogP contribution in [0.15, 0.2) is 41.0 Å². The number of nitrogens with zero attached hydrogens (tertiary/aromatic N) is 4. The molecule has 0 aliphatic carbocycles. The van der Waals surface area contributed by atoms with Crippen molar-refractivity contribution < 1.29 is 13.2 Å². The van der Waals surface area contributed by atoms with E-state index in [1.165, 1.54) is 0 Å². The summed E-state index contributed by atoms with van der Waals surface area (Å²) in [6.07, 6.45) is 3.58. The van der Waals surface area contributed by atoms with Gasteiger partial charge in [0.1, 0.15) is 5.82 Å². The molecule has 2 aromatic heterocycles. The molecule has 0 saturated carbocycles. The zero-order valence-corrected chi connectivity index (χ0v) is 17.2. The van der Waals surface area contributed by atoms with Gasteiger partial charge in [0.15, 0.2) is 0 Å². The van der Waals surface area contributed by atoms with Crippen molar-refractivity contribution in [2.45, 2.75) is 31.7 Å². The van der Waals surface area contributed by atoms with Crippen LogP contribution in [0, 0.1) is 12.8 Å². The van der Waals surface area contributed by atoms with Gasteiger partial charge in [0.25, 0.3) is 10.0 Å². The molecule has 1 aromatic carbocycles. The molecule has 148 valence electrons. The van der Waals surface area contributed by atoms with Gasteiger partial charge >= 0.3 is 0 Å². The molecule has 0 unspecified atom stereocenters. The molecule has 0 fully saturated rings. The molecular formula is C17H20N6O3S2. The SMILES string of the molecule is Cc1nccn1-c1ccc(CNS(=O)(=O)c2nnc(NC(=O)C(C)C)s2)cc1. The molecule has 2 N–H and O–H groups in total. The summed E-state index contributed by atoms with van der Waals surface area (Å²) < 4.78 is 29.0. The largest absolute Gasteiger partial charge is 0.304 e. The van der Waals surface area contributed by atoms with Crippen LogP contribution >= 0.6 is 11.3 Å². The highest BCUT2D eigenvalue weighted by atomic mass is 32.2. The number of imidazole rings is 1. The Balaban J connectivity index is 1.64. The molecule has 0 aliphatic rings. The lowest BCUT2D eigenvalue weighted by atomic mass is 10.2. The molecular weight excluding hydrogens is 400 g/mol. The highest BCUT2D eigenvalue weighted by Gasteiger charge is 2.21. The average Bonchev–Trinajstić information content (AvgIpc) is 3.30. The number of carbonyl (C=O) groups excluding carboxylic acids is 1. The topological polar surface area (TPSA) is 119 Å². The molecule has 3 aromatic rings. The fraction of sp³-hybridized carbons (Fsp3) is 0.294. The van der Waals surface area contributed by atoms with Crippen molar-refractivity contribution in [1.82, 2.24) is 24.5 Å². The van der Waals surface area contributed by atoms with E-state index in [9.17, 15) is 13.2 Å². The first-order valence-corrected chi connectivity index (χ1v) is 10.8. The number of carbonyl (C=O) groups is 1. The molecule has 0 radical (unpaired) electrons. The van der Waals surface area contributed by atoms with E-state index in [4.69, 9.17) is 0 Å². The maximum absolute atomic E-state index is 12.4. The van der Waals surface area contributed by atoms with E-state index in [0.29, 0.717) is 0 Å². The van der Waals surface area contributed by atoms with Crippen LogP contribution in [0.4, 0.5) is 5.13 Å². The summed E-state index contributed by atoms with van der Waals surface area (Å²) in [5.41, 5.74) is 1.74. The highest BCUT2D eigenvalue weighted by molar-refractivity contribution is 7.91. The summed E-state index contributed by atoms with van der Waals surface area (Å²) in [7, 11) is -3.83. The first kappa shape index (κ1) is 20.1. The normalized spacial score (nSPS) is 11.7. The summed E-state index contributed by atoms with van der Waals surface area (Å²) >= 11 is 0.808. The van der Waals surface area contributed by atoms with E-state index in [1.54, 1.807) is 20.0 Å². The fourth-order valence-electron chi connectivity index (χ4n) is 2.28. The minimum Gasteiger partial charge on any atom is -0.304 e. The van der Waals surface area contributed by atoms with Gasteiger partial charge in [-0.05, 0) is 24.6 Å². The molecule has 0 spiro atoms. The maximum Gasteiger partial charge on any atom is 0.270 e. The molecule has 28 heavy (non-hydrogen) atoms. The van der Waals surface area contributed by atoms with Crippen LogP contribution < -0.4 is 10.0 Å². The highest BCUT2D eigenvalue weighted by Crippen LogP contribution is 2.20. The standard InChI is InChI=1S/C17H20N6O3S2/c1-11(2)15(24)20-16-21-22-17(27-16)28(25,26)19-10-13-4-6-14(7-5-13)23-9-8-18-12(23)3/h4-9,11,19H,10H2,1-3H3,(H,20,21,24). The molecule has 11 heteroatoms. The molecule has 3 rings (SSSR count). The van der Waals surface area contributed by atoms with E-state index in [0.717, 1.165) is 28.4 Å². The number of aromatic nitrogens is 4. The Labute approximate surface area is 166 Å². The number of amides is 1. The predicted octanol–water partition coefficient (Wildman–Crippen LogP) is 2.11. The smallest absolute Gasteiger partial charge is 0.270 e. The van der Waals surface area contributed by atoms with Gasteiger partial charge in [-0.2, -0.15) is 0 Å². The molecule has 2 heterocycles. The van der Waals surface area contributed by atoms with Gasteiger partial charge < -0.3 is 9.88 Å². The van der Waals surface area contributed by atoms with Crippen molar-refractivity contribution in [3.63, 3.8) is 0 Å². The molecule has 0 atom stereocenters. The number of benzene rings is 1. The molecule has 9 nitrogen and oxygen atoms in total. The van der Waals surface area contributed by atoms with Gasteiger partial charge in [-0.3, -0.25) is 4.79 Å².